The van der Waals surface area contributed by atoms with Crippen LogP contribution in [0.4, 0.5) is 5.82 Å². The number of rotatable bonds is 6. The van der Waals surface area contributed by atoms with E-state index < -0.39 is 11.5 Å². The fraction of sp³-hybridized carbons (Fsp3) is 0.0952. The molecule has 6 heteroatoms. The van der Waals surface area contributed by atoms with Gasteiger partial charge in [-0.15, -0.1) is 0 Å². The van der Waals surface area contributed by atoms with Crippen molar-refractivity contribution in [2.24, 2.45) is 0 Å². The van der Waals surface area contributed by atoms with Crippen LogP contribution in [0.5, 0.6) is 0 Å². The summed E-state index contributed by atoms with van der Waals surface area (Å²) in [6.45, 7) is -0.0218. The minimum absolute atomic E-state index is 0.0218. The van der Waals surface area contributed by atoms with Gasteiger partial charge >= 0.3 is 5.97 Å². The molecular weight excluding hydrogens is 342 g/mol. The summed E-state index contributed by atoms with van der Waals surface area (Å²) in [6.07, 6.45) is 1.46. The molecule has 0 fully saturated rings. The maximum atomic E-state index is 13.0. The van der Waals surface area contributed by atoms with Crippen LogP contribution in [0.2, 0.25) is 0 Å². The van der Waals surface area contributed by atoms with Crippen LogP contribution >= 0.6 is 0 Å². The number of esters is 1. The molecule has 0 saturated heterocycles. The van der Waals surface area contributed by atoms with E-state index in [2.05, 4.69) is 4.98 Å². The SMILES string of the molecule is N#C[C@](C(=O)OCc1ccccc1)(c1ccccc1)N(O)c1ccccn1. The van der Waals surface area contributed by atoms with Gasteiger partial charge in [-0.1, -0.05) is 66.7 Å². The van der Waals surface area contributed by atoms with Crippen LogP contribution in [0.3, 0.4) is 0 Å². The monoisotopic (exact) mass is 359 g/mol. The molecule has 0 spiro atoms. The smallest absolute Gasteiger partial charge is 0.354 e. The third-order valence-electron chi connectivity index (χ3n) is 4.05. The molecule has 1 atom stereocenters. The maximum absolute atomic E-state index is 13.0. The van der Waals surface area contributed by atoms with Crippen molar-refractivity contribution in [1.29, 1.82) is 5.26 Å². The third kappa shape index (κ3) is 3.64. The number of carbonyl (C=O) groups excluding carboxylic acids is 1. The van der Waals surface area contributed by atoms with Crippen LogP contribution in [0.1, 0.15) is 11.1 Å². The molecule has 1 heterocycles. The van der Waals surface area contributed by atoms with Gasteiger partial charge in [-0.05, 0) is 17.7 Å². The average Bonchev–Trinajstić information content (AvgIpc) is 2.75. The predicted molar refractivity (Wildman–Crippen MR) is 98.5 cm³/mol. The van der Waals surface area contributed by atoms with E-state index in [1.54, 1.807) is 54.6 Å². The number of hydrogen-bond donors (Lipinski definition) is 1. The molecule has 1 N–H and O–H groups in total. The molecule has 3 rings (SSSR count). The first-order chi connectivity index (χ1) is 13.2. The quantitative estimate of drug-likeness (QED) is 0.536. The Morgan fingerprint density at radius 3 is 2.26 bits per heavy atom. The summed E-state index contributed by atoms with van der Waals surface area (Å²) in [7, 11) is 0. The number of ether oxygens (including phenoxy) is 1. The molecule has 1 aromatic heterocycles. The molecular formula is C21H17N3O3. The van der Waals surface area contributed by atoms with Gasteiger partial charge in [0.25, 0.3) is 5.54 Å². The molecule has 0 bridgehead atoms. The molecule has 0 aliphatic rings. The third-order valence-corrected chi connectivity index (χ3v) is 4.05. The molecule has 0 aliphatic heterocycles. The number of pyridine rings is 1. The predicted octanol–water partition coefficient (Wildman–Crippen LogP) is 3.44. The molecule has 0 amide bonds. The summed E-state index contributed by atoms with van der Waals surface area (Å²) < 4.78 is 5.39. The zero-order chi connectivity index (χ0) is 19.1. The van der Waals surface area contributed by atoms with E-state index in [9.17, 15) is 15.3 Å². The first-order valence-electron chi connectivity index (χ1n) is 8.26. The second-order valence-electron chi connectivity index (χ2n) is 5.75. The zero-order valence-corrected chi connectivity index (χ0v) is 14.4. The van der Waals surface area contributed by atoms with Gasteiger partial charge in [-0.3, -0.25) is 5.21 Å². The van der Waals surface area contributed by atoms with Crippen LogP contribution in [0.25, 0.3) is 0 Å². The van der Waals surface area contributed by atoms with E-state index >= 15 is 0 Å². The number of anilines is 1. The van der Waals surface area contributed by atoms with Crippen LogP contribution in [0, 0.1) is 11.3 Å². The van der Waals surface area contributed by atoms with Crippen LogP contribution in [0.15, 0.2) is 85.1 Å². The first kappa shape index (κ1) is 18.1. The van der Waals surface area contributed by atoms with Gasteiger partial charge in [0.2, 0.25) is 0 Å². The Bertz CT molecular complexity index is 927. The summed E-state index contributed by atoms with van der Waals surface area (Å²) in [5.41, 5.74) is -1.04. The highest BCUT2D eigenvalue weighted by Crippen LogP contribution is 2.32. The highest BCUT2D eigenvalue weighted by atomic mass is 16.6. The summed E-state index contributed by atoms with van der Waals surface area (Å²) in [6, 6.07) is 24.1. The summed E-state index contributed by atoms with van der Waals surface area (Å²) in [4.78, 5) is 17.0. The van der Waals surface area contributed by atoms with Crippen LogP contribution in [-0.4, -0.2) is 16.2 Å². The molecule has 6 nitrogen and oxygen atoms in total. The number of hydroxylamine groups is 1. The van der Waals surface area contributed by atoms with E-state index in [-0.39, 0.29) is 18.0 Å². The largest absolute Gasteiger partial charge is 0.458 e. The Morgan fingerprint density at radius 1 is 1.04 bits per heavy atom. The van der Waals surface area contributed by atoms with Gasteiger partial charge in [0.05, 0.1) is 0 Å². The summed E-state index contributed by atoms with van der Waals surface area (Å²) in [5.74, 6) is -0.840. The van der Waals surface area contributed by atoms with E-state index in [0.717, 1.165) is 5.56 Å². The van der Waals surface area contributed by atoms with Crippen molar-refractivity contribution in [1.82, 2.24) is 4.98 Å². The highest BCUT2D eigenvalue weighted by Gasteiger charge is 2.49. The molecule has 134 valence electrons. The fourth-order valence-corrected chi connectivity index (χ4v) is 2.64. The molecule has 3 aromatic rings. The lowest BCUT2D eigenvalue weighted by atomic mass is 9.90. The Labute approximate surface area is 156 Å². The lowest BCUT2D eigenvalue weighted by molar-refractivity contribution is -0.152. The Morgan fingerprint density at radius 2 is 1.67 bits per heavy atom. The van der Waals surface area contributed by atoms with Crippen molar-refractivity contribution in [3.05, 3.63) is 96.2 Å². The number of carbonyl (C=O) groups is 1. The van der Waals surface area contributed by atoms with Crippen molar-refractivity contribution in [2.45, 2.75) is 12.1 Å². The van der Waals surface area contributed by atoms with E-state index in [1.165, 1.54) is 12.3 Å². The topological polar surface area (TPSA) is 86.5 Å². The van der Waals surface area contributed by atoms with Gasteiger partial charge < -0.3 is 4.74 Å². The lowest BCUT2D eigenvalue weighted by Gasteiger charge is -2.32. The minimum Gasteiger partial charge on any atom is -0.458 e. The number of aromatic nitrogens is 1. The van der Waals surface area contributed by atoms with E-state index in [4.69, 9.17) is 4.74 Å². The fourth-order valence-electron chi connectivity index (χ4n) is 2.64. The normalized spacial score (nSPS) is 12.4. The second kappa shape index (κ2) is 8.13. The van der Waals surface area contributed by atoms with Crippen molar-refractivity contribution >= 4 is 11.8 Å². The molecule has 2 aromatic carbocycles. The van der Waals surface area contributed by atoms with E-state index in [0.29, 0.717) is 5.06 Å². The van der Waals surface area contributed by atoms with Crippen molar-refractivity contribution in [3.63, 3.8) is 0 Å². The standard InChI is InChI=1S/C21H17N3O3/c22-16-21(18-11-5-2-6-12-18,24(26)19-13-7-8-14-23-19)20(25)27-15-17-9-3-1-4-10-17/h1-14,26H,15H2/t21-/m1/s1. The Kier molecular flexibility index (Phi) is 5.45. The van der Waals surface area contributed by atoms with Crippen molar-refractivity contribution in [3.8, 4) is 6.07 Å². The van der Waals surface area contributed by atoms with Gasteiger partial charge in [0.15, 0.2) is 5.82 Å². The average molecular weight is 359 g/mol. The molecule has 0 radical (unpaired) electrons. The molecule has 0 unspecified atom stereocenters. The number of nitriles is 1. The van der Waals surface area contributed by atoms with Gasteiger partial charge in [-0.25, -0.2) is 14.8 Å². The number of benzene rings is 2. The van der Waals surface area contributed by atoms with E-state index in [1.807, 2.05) is 24.3 Å². The van der Waals surface area contributed by atoms with Crippen molar-refractivity contribution < 1.29 is 14.7 Å². The molecule has 27 heavy (non-hydrogen) atoms. The van der Waals surface area contributed by atoms with Crippen molar-refractivity contribution in [2.75, 3.05) is 5.06 Å². The van der Waals surface area contributed by atoms with Crippen LogP contribution < -0.4 is 5.06 Å². The zero-order valence-electron chi connectivity index (χ0n) is 14.4. The summed E-state index contributed by atoms with van der Waals surface area (Å²) in [5, 5.41) is 21.3. The molecule has 0 saturated carbocycles. The maximum Gasteiger partial charge on any atom is 0.354 e. The Balaban J connectivity index is 1.99. The van der Waals surface area contributed by atoms with Crippen LogP contribution in [-0.2, 0) is 21.7 Å². The lowest BCUT2D eigenvalue weighted by Crippen LogP contribution is -2.51. The van der Waals surface area contributed by atoms with Gasteiger partial charge in [0.1, 0.15) is 12.7 Å². The van der Waals surface area contributed by atoms with Gasteiger partial charge in [-0.2, -0.15) is 5.26 Å². The minimum atomic E-state index is -2.09. The number of hydrogen-bond acceptors (Lipinski definition) is 6. The Hall–Kier alpha value is -3.69. The highest BCUT2D eigenvalue weighted by molar-refractivity contribution is 5.89. The first-order valence-corrected chi connectivity index (χ1v) is 8.26. The number of nitrogens with zero attached hydrogens (tertiary/aromatic N) is 3. The second-order valence-corrected chi connectivity index (χ2v) is 5.75. The molecule has 0 aliphatic carbocycles. The summed E-state index contributed by atoms with van der Waals surface area (Å²) >= 11 is 0. The van der Waals surface area contributed by atoms with Gasteiger partial charge in [0, 0.05) is 11.8 Å².